The lowest BCUT2D eigenvalue weighted by Crippen LogP contribution is -2.33. The van der Waals surface area contributed by atoms with E-state index in [-0.39, 0.29) is 12.0 Å². The molecule has 2 heteroatoms. The van der Waals surface area contributed by atoms with E-state index in [2.05, 4.69) is 24.7 Å². The highest BCUT2D eigenvalue weighted by Gasteiger charge is 2.14. The van der Waals surface area contributed by atoms with E-state index in [9.17, 15) is 0 Å². The van der Waals surface area contributed by atoms with Crippen molar-refractivity contribution in [3.8, 4) is 12.3 Å². The van der Waals surface area contributed by atoms with Crippen LogP contribution in [-0.2, 0) is 0 Å². The van der Waals surface area contributed by atoms with Crippen LogP contribution < -0.4 is 11.1 Å². The summed E-state index contributed by atoms with van der Waals surface area (Å²) in [7, 11) is 0. The van der Waals surface area contributed by atoms with E-state index in [0.717, 1.165) is 12.8 Å². The zero-order chi connectivity index (χ0) is 9.40. The van der Waals surface area contributed by atoms with Crippen LogP contribution in [-0.4, -0.2) is 12.6 Å². The molecule has 0 amide bonds. The minimum Gasteiger partial charge on any atom is -0.387 e. The molecule has 0 aliphatic heterocycles. The predicted octanol–water partition coefficient (Wildman–Crippen LogP) is 1.10. The van der Waals surface area contributed by atoms with Crippen LogP contribution in [0.1, 0.15) is 19.8 Å². The van der Waals surface area contributed by atoms with E-state index in [1.165, 1.54) is 0 Å². The lowest BCUT2D eigenvalue weighted by molar-refractivity contribution is 0.430. The van der Waals surface area contributed by atoms with Gasteiger partial charge in [0.1, 0.15) is 0 Å². The number of rotatable bonds is 6. The third-order valence-electron chi connectivity index (χ3n) is 1.95. The van der Waals surface area contributed by atoms with Crippen molar-refractivity contribution in [1.29, 1.82) is 0 Å². The molecule has 2 atom stereocenters. The van der Waals surface area contributed by atoms with Gasteiger partial charge in [-0.1, -0.05) is 13.5 Å². The Kier molecular flexibility index (Phi) is 6.22. The molecular formula is C10H18N2. The van der Waals surface area contributed by atoms with Crippen LogP contribution in [0.15, 0.2) is 12.8 Å². The molecule has 68 valence electrons. The highest BCUT2D eigenvalue weighted by Crippen LogP contribution is 2.10. The summed E-state index contributed by atoms with van der Waals surface area (Å²) >= 11 is 0. The molecular weight excluding hydrogens is 148 g/mol. The lowest BCUT2D eigenvalue weighted by Gasteiger charge is -2.21. The van der Waals surface area contributed by atoms with Crippen molar-refractivity contribution >= 4 is 0 Å². The fourth-order valence-corrected chi connectivity index (χ4v) is 1.25. The largest absolute Gasteiger partial charge is 0.387 e. The molecule has 0 radical (unpaired) electrons. The minimum atomic E-state index is 0.256. The summed E-state index contributed by atoms with van der Waals surface area (Å²) in [5.74, 6) is 3.01. The minimum absolute atomic E-state index is 0.256. The van der Waals surface area contributed by atoms with E-state index in [0.29, 0.717) is 6.54 Å². The molecule has 3 N–H and O–H groups in total. The quantitative estimate of drug-likeness (QED) is 0.580. The average Bonchev–Trinajstić information content (AvgIpc) is 2.07. The standard InChI is InChI=1S/C10H18N2/c1-4-9(5-2)10(7-8-11)12-6-3/h1,6,9-10,12H,3,5,7-8,11H2,2H3. The molecule has 0 aromatic rings. The third-order valence-corrected chi connectivity index (χ3v) is 1.95. The van der Waals surface area contributed by atoms with Gasteiger partial charge in [-0.15, -0.1) is 12.3 Å². The summed E-state index contributed by atoms with van der Waals surface area (Å²) in [4.78, 5) is 0. The Balaban J connectivity index is 4.06. The number of nitrogens with two attached hydrogens (primary N) is 1. The van der Waals surface area contributed by atoms with Crippen LogP contribution in [0, 0.1) is 18.3 Å². The number of hydrogen-bond donors (Lipinski definition) is 2. The molecule has 0 heterocycles. The first kappa shape index (κ1) is 11.1. The summed E-state index contributed by atoms with van der Waals surface area (Å²) in [6.07, 6.45) is 8.93. The van der Waals surface area contributed by atoms with E-state index in [1.807, 2.05) is 0 Å². The van der Waals surface area contributed by atoms with Crippen LogP contribution in [0.25, 0.3) is 0 Å². The van der Waals surface area contributed by atoms with Crippen LogP contribution in [0.5, 0.6) is 0 Å². The van der Waals surface area contributed by atoms with Gasteiger partial charge in [-0.25, -0.2) is 0 Å². The predicted molar refractivity (Wildman–Crippen MR) is 53.4 cm³/mol. The second-order valence-electron chi connectivity index (χ2n) is 2.74. The number of hydrogen-bond acceptors (Lipinski definition) is 2. The van der Waals surface area contributed by atoms with Gasteiger partial charge in [0, 0.05) is 12.0 Å². The highest BCUT2D eigenvalue weighted by molar-refractivity contribution is 4.99. The molecule has 2 nitrogen and oxygen atoms in total. The second kappa shape index (κ2) is 6.75. The van der Waals surface area contributed by atoms with Gasteiger partial charge in [-0.3, -0.25) is 0 Å². The first-order chi connectivity index (χ1) is 5.79. The second-order valence-corrected chi connectivity index (χ2v) is 2.74. The topological polar surface area (TPSA) is 38.0 Å². The Bertz CT molecular complexity index is 158. The SMILES string of the molecule is C#CC(CC)C(CCN)NC=C. The number of terminal acetylenes is 1. The molecule has 0 saturated carbocycles. The van der Waals surface area contributed by atoms with Crippen molar-refractivity contribution in [3.05, 3.63) is 12.8 Å². The summed E-state index contributed by atoms with van der Waals surface area (Å²) in [6.45, 7) is 6.35. The van der Waals surface area contributed by atoms with Crippen molar-refractivity contribution in [3.63, 3.8) is 0 Å². The first-order valence-corrected chi connectivity index (χ1v) is 4.33. The van der Waals surface area contributed by atoms with Crippen LogP contribution >= 0.6 is 0 Å². The zero-order valence-electron chi connectivity index (χ0n) is 7.72. The van der Waals surface area contributed by atoms with Crippen LogP contribution in [0.3, 0.4) is 0 Å². The van der Waals surface area contributed by atoms with Gasteiger partial charge in [0.05, 0.1) is 0 Å². The van der Waals surface area contributed by atoms with E-state index < -0.39 is 0 Å². The Morgan fingerprint density at radius 1 is 1.75 bits per heavy atom. The molecule has 0 rings (SSSR count). The van der Waals surface area contributed by atoms with Gasteiger partial charge < -0.3 is 11.1 Å². The highest BCUT2D eigenvalue weighted by atomic mass is 14.9. The van der Waals surface area contributed by atoms with E-state index in [1.54, 1.807) is 6.20 Å². The summed E-state index contributed by atoms with van der Waals surface area (Å²) in [5, 5.41) is 3.13. The fourth-order valence-electron chi connectivity index (χ4n) is 1.25. The molecule has 0 saturated heterocycles. The normalized spacial score (nSPS) is 14.4. The maximum atomic E-state index is 5.46. The van der Waals surface area contributed by atoms with E-state index in [4.69, 9.17) is 12.2 Å². The Hall–Kier alpha value is -0.940. The Labute approximate surface area is 75.2 Å². The van der Waals surface area contributed by atoms with Gasteiger partial charge >= 0.3 is 0 Å². The van der Waals surface area contributed by atoms with Crippen molar-refractivity contribution < 1.29 is 0 Å². The average molecular weight is 166 g/mol. The summed E-state index contributed by atoms with van der Waals surface area (Å²) in [6, 6.07) is 0.280. The molecule has 0 aliphatic carbocycles. The maximum Gasteiger partial charge on any atom is 0.0405 e. The van der Waals surface area contributed by atoms with Crippen molar-refractivity contribution in [2.75, 3.05) is 6.54 Å². The Morgan fingerprint density at radius 3 is 2.75 bits per heavy atom. The smallest absolute Gasteiger partial charge is 0.0405 e. The molecule has 12 heavy (non-hydrogen) atoms. The fraction of sp³-hybridized carbons (Fsp3) is 0.600. The van der Waals surface area contributed by atoms with Gasteiger partial charge in [0.2, 0.25) is 0 Å². The summed E-state index contributed by atoms with van der Waals surface area (Å²) in [5.41, 5.74) is 5.46. The third kappa shape index (κ3) is 3.45. The maximum absolute atomic E-state index is 5.46. The Morgan fingerprint density at radius 2 is 2.42 bits per heavy atom. The van der Waals surface area contributed by atoms with Crippen molar-refractivity contribution in [1.82, 2.24) is 5.32 Å². The molecule has 2 unspecified atom stereocenters. The molecule has 0 aliphatic rings. The lowest BCUT2D eigenvalue weighted by atomic mass is 9.95. The molecule has 0 spiro atoms. The van der Waals surface area contributed by atoms with Gasteiger partial charge in [0.25, 0.3) is 0 Å². The van der Waals surface area contributed by atoms with Crippen molar-refractivity contribution in [2.24, 2.45) is 11.7 Å². The molecule has 0 fully saturated rings. The van der Waals surface area contributed by atoms with Gasteiger partial charge in [-0.2, -0.15) is 0 Å². The summed E-state index contributed by atoms with van der Waals surface area (Å²) < 4.78 is 0. The molecule has 0 aromatic heterocycles. The molecule has 0 bridgehead atoms. The van der Waals surface area contributed by atoms with Gasteiger partial charge in [0.15, 0.2) is 0 Å². The van der Waals surface area contributed by atoms with Crippen molar-refractivity contribution in [2.45, 2.75) is 25.8 Å². The monoisotopic (exact) mass is 166 g/mol. The van der Waals surface area contributed by atoms with Gasteiger partial charge in [-0.05, 0) is 25.6 Å². The molecule has 0 aromatic carbocycles. The zero-order valence-corrected chi connectivity index (χ0v) is 7.72. The number of nitrogens with one attached hydrogen (secondary N) is 1. The van der Waals surface area contributed by atoms with E-state index >= 15 is 0 Å². The van der Waals surface area contributed by atoms with Crippen LogP contribution in [0.4, 0.5) is 0 Å². The van der Waals surface area contributed by atoms with Crippen LogP contribution in [0.2, 0.25) is 0 Å². The first-order valence-electron chi connectivity index (χ1n) is 4.33.